The molecule has 7 heteroatoms. The van der Waals surface area contributed by atoms with Gasteiger partial charge in [-0.25, -0.2) is 4.98 Å². The summed E-state index contributed by atoms with van der Waals surface area (Å²) in [5.74, 6) is 0.898. The third-order valence-electron chi connectivity index (χ3n) is 3.92. The molecule has 2 rings (SSSR count). The number of ether oxygens (including phenoxy) is 1. The molecule has 24 heavy (non-hydrogen) atoms. The Hall–Kier alpha value is -2.17. The van der Waals surface area contributed by atoms with E-state index in [0.717, 1.165) is 5.82 Å². The van der Waals surface area contributed by atoms with E-state index in [9.17, 15) is 9.90 Å². The Morgan fingerprint density at radius 1 is 1.38 bits per heavy atom. The molecule has 2 unspecified atom stereocenters. The van der Waals surface area contributed by atoms with Crippen LogP contribution in [0, 0.1) is 11.3 Å². The van der Waals surface area contributed by atoms with Crippen LogP contribution in [0.1, 0.15) is 25.8 Å². The number of piperazine rings is 1. The zero-order valence-corrected chi connectivity index (χ0v) is 14.2. The Balaban J connectivity index is 1.79. The molecule has 1 aliphatic heterocycles. The van der Waals surface area contributed by atoms with Crippen LogP contribution >= 0.6 is 0 Å². The summed E-state index contributed by atoms with van der Waals surface area (Å²) in [6, 6.07) is 5.64. The first-order valence-corrected chi connectivity index (χ1v) is 8.18. The summed E-state index contributed by atoms with van der Waals surface area (Å²) in [5, 5.41) is 18.0. The lowest BCUT2D eigenvalue weighted by atomic mass is 10.2. The fraction of sp³-hybridized carbons (Fsp3) is 0.588. The fourth-order valence-electron chi connectivity index (χ4n) is 2.56. The minimum atomic E-state index is -0.522. The largest absolute Gasteiger partial charge is 0.391 e. The van der Waals surface area contributed by atoms with Crippen LogP contribution in [0.4, 0.5) is 5.82 Å². The average Bonchev–Trinajstić information content (AvgIpc) is 2.60. The van der Waals surface area contributed by atoms with E-state index in [1.54, 1.807) is 19.2 Å². The lowest BCUT2D eigenvalue weighted by molar-refractivity contribution is -0.134. The molecule has 1 amide bonds. The Morgan fingerprint density at radius 2 is 2.08 bits per heavy atom. The lowest BCUT2D eigenvalue weighted by Crippen LogP contribution is -2.49. The molecule has 0 spiro atoms. The van der Waals surface area contributed by atoms with E-state index >= 15 is 0 Å². The van der Waals surface area contributed by atoms with Gasteiger partial charge < -0.3 is 19.6 Å². The second-order valence-electron chi connectivity index (χ2n) is 6.08. The number of amides is 1. The monoisotopic (exact) mass is 332 g/mol. The molecule has 130 valence electrons. The number of aliphatic hydroxyl groups excluding tert-OH is 1. The molecule has 1 fully saturated rings. The number of hydrogen-bond acceptors (Lipinski definition) is 6. The summed E-state index contributed by atoms with van der Waals surface area (Å²) >= 11 is 0. The van der Waals surface area contributed by atoms with E-state index in [-0.39, 0.29) is 18.6 Å². The zero-order chi connectivity index (χ0) is 17.5. The standard InChI is InChI=1S/C17H24N4O3/c1-13(22)12-24-14(2)9-17(23)21-7-5-20(6-8-21)16-4-3-15(10-18)11-19-16/h3-4,11,13-14,22H,5-9,12H2,1-2H3. The molecule has 1 saturated heterocycles. The van der Waals surface area contributed by atoms with Gasteiger partial charge in [0.2, 0.25) is 5.91 Å². The zero-order valence-electron chi connectivity index (χ0n) is 14.2. The topological polar surface area (TPSA) is 89.7 Å². The van der Waals surface area contributed by atoms with E-state index in [0.29, 0.717) is 38.2 Å². The minimum Gasteiger partial charge on any atom is -0.391 e. The molecule has 0 aliphatic carbocycles. The lowest BCUT2D eigenvalue weighted by Gasteiger charge is -2.35. The molecule has 2 atom stereocenters. The van der Waals surface area contributed by atoms with Crippen LogP contribution in [0.5, 0.6) is 0 Å². The molecule has 2 heterocycles. The Bertz CT molecular complexity index is 574. The van der Waals surface area contributed by atoms with Crippen molar-refractivity contribution >= 4 is 11.7 Å². The molecular formula is C17H24N4O3. The van der Waals surface area contributed by atoms with Crippen LogP contribution in [0.25, 0.3) is 0 Å². The fourth-order valence-corrected chi connectivity index (χ4v) is 2.56. The molecular weight excluding hydrogens is 308 g/mol. The van der Waals surface area contributed by atoms with Crippen LogP contribution in [0.15, 0.2) is 18.3 Å². The van der Waals surface area contributed by atoms with E-state index in [4.69, 9.17) is 10.00 Å². The molecule has 0 aromatic carbocycles. The number of rotatable bonds is 6. The Kier molecular flexibility index (Phi) is 6.53. The maximum atomic E-state index is 12.3. The minimum absolute atomic E-state index is 0.0699. The summed E-state index contributed by atoms with van der Waals surface area (Å²) in [4.78, 5) is 20.5. The molecule has 1 aromatic heterocycles. The summed E-state index contributed by atoms with van der Waals surface area (Å²) in [6.45, 7) is 6.46. The van der Waals surface area contributed by atoms with Crippen LogP contribution in [0.3, 0.4) is 0 Å². The smallest absolute Gasteiger partial charge is 0.225 e. The van der Waals surface area contributed by atoms with Gasteiger partial charge in [-0.15, -0.1) is 0 Å². The Morgan fingerprint density at radius 3 is 2.62 bits per heavy atom. The second kappa shape index (κ2) is 8.62. The number of nitrogens with zero attached hydrogens (tertiary/aromatic N) is 4. The second-order valence-corrected chi connectivity index (χ2v) is 6.08. The predicted molar refractivity (Wildman–Crippen MR) is 89.5 cm³/mol. The maximum Gasteiger partial charge on any atom is 0.225 e. The van der Waals surface area contributed by atoms with Gasteiger partial charge in [0.15, 0.2) is 0 Å². The first-order chi connectivity index (χ1) is 11.5. The van der Waals surface area contributed by atoms with Crippen molar-refractivity contribution in [2.24, 2.45) is 0 Å². The molecule has 1 aliphatic rings. The molecule has 0 saturated carbocycles. The van der Waals surface area contributed by atoms with Crippen molar-refractivity contribution in [1.82, 2.24) is 9.88 Å². The van der Waals surface area contributed by atoms with E-state index in [2.05, 4.69) is 16.0 Å². The molecule has 1 N–H and O–H groups in total. The van der Waals surface area contributed by atoms with Crippen LogP contribution in [-0.2, 0) is 9.53 Å². The highest BCUT2D eigenvalue weighted by Gasteiger charge is 2.23. The first kappa shape index (κ1) is 18.2. The third-order valence-corrected chi connectivity index (χ3v) is 3.92. The van der Waals surface area contributed by atoms with Crippen molar-refractivity contribution in [2.45, 2.75) is 32.5 Å². The van der Waals surface area contributed by atoms with Crippen LogP contribution in [0.2, 0.25) is 0 Å². The van der Waals surface area contributed by atoms with Gasteiger partial charge in [-0.2, -0.15) is 5.26 Å². The highest BCUT2D eigenvalue weighted by Crippen LogP contribution is 2.15. The number of carbonyl (C=O) groups is 1. The van der Waals surface area contributed by atoms with Gasteiger partial charge in [0, 0.05) is 32.4 Å². The number of pyridine rings is 1. The number of carbonyl (C=O) groups excluding carboxylic acids is 1. The van der Waals surface area contributed by atoms with Gasteiger partial charge >= 0.3 is 0 Å². The quantitative estimate of drug-likeness (QED) is 0.828. The van der Waals surface area contributed by atoms with Crippen molar-refractivity contribution in [1.29, 1.82) is 5.26 Å². The van der Waals surface area contributed by atoms with Gasteiger partial charge in [0.1, 0.15) is 11.9 Å². The van der Waals surface area contributed by atoms with E-state index in [1.807, 2.05) is 17.9 Å². The third kappa shape index (κ3) is 5.18. The average molecular weight is 332 g/mol. The number of aromatic nitrogens is 1. The number of hydrogen-bond donors (Lipinski definition) is 1. The number of aliphatic hydroxyl groups is 1. The molecule has 1 aromatic rings. The van der Waals surface area contributed by atoms with Gasteiger partial charge in [-0.05, 0) is 26.0 Å². The number of nitriles is 1. The predicted octanol–water partition coefficient (Wildman–Crippen LogP) is 0.778. The highest BCUT2D eigenvalue weighted by molar-refractivity contribution is 5.77. The maximum absolute atomic E-state index is 12.3. The highest BCUT2D eigenvalue weighted by atomic mass is 16.5. The van der Waals surface area contributed by atoms with E-state index < -0.39 is 6.10 Å². The number of anilines is 1. The summed E-state index contributed by atoms with van der Waals surface area (Å²) in [6.07, 6.45) is 1.16. The first-order valence-electron chi connectivity index (χ1n) is 8.18. The normalized spacial score (nSPS) is 17.2. The SMILES string of the molecule is CC(O)COC(C)CC(=O)N1CCN(c2ccc(C#N)cn2)CC1. The van der Waals surface area contributed by atoms with Crippen LogP contribution in [-0.4, -0.2) is 65.9 Å². The summed E-state index contributed by atoms with van der Waals surface area (Å²) < 4.78 is 5.43. The van der Waals surface area contributed by atoms with E-state index in [1.165, 1.54) is 0 Å². The molecule has 0 radical (unpaired) electrons. The summed E-state index contributed by atoms with van der Waals surface area (Å²) in [5.41, 5.74) is 0.541. The molecule has 7 nitrogen and oxygen atoms in total. The van der Waals surface area contributed by atoms with Crippen molar-refractivity contribution in [3.05, 3.63) is 23.9 Å². The van der Waals surface area contributed by atoms with Gasteiger partial charge in [-0.3, -0.25) is 4.79 Å². The van der Waals surface area contributed by atoms with Crippen molar-refractivity contribution in [3.8, 4) is 6.07 Å². The van der Waals surface area contributed by atoms with Gasteiger partial charge in [0.25, 0.3) is 0 Å². The van der Waals surface area contributed by atoms with Gasteiger partial charge in [0.05, 0.1) is 30.8 Å². The summed E-state index contributed by atoms with van der Waals surface area (Å²) in [7, 11) is 0. The molecule has 0 bridgehead atoms. The van der Waals surface area contributed by atoms with Crippen molar-refractivity contribution < 1.29 is 14.6 Å². The Labute approximate surface area is 142 Å². The van der Waals surface area contributed by atoms with Gasteiger partial charge in [-0.1, -0.05) is 0 Å². The van der Waals surface area contributed by atoms with Crippen LogP contribution < -0.4 is 4.90 Å². The van der Waals surface area contributed by atoms with Crippen molar-refractivity contribution in [3.63, 3.8) is 0 Å². The van der Waals surface area contributed by atoms with Crippen molar-refractivity contribution in [2.75, 3.05) is 37.7 Å².